The molecule has 0 atom stereocenters. The van der Waals surface area contributed by atoms with Gasteiger partial charge in [-0.3, -0.25) is 0 Å². The molecule has 2 N–H and O–H groups in total. The smallest absolute Gasteiger partial charge is 0.136 e. The molecule has 4 heteroatoms. The molecule has 19 heavy (non-hydrogen) atoms. The van der Waals surface area contributed by atoms with E-state index in [0.717, 1.165) is 26.8 Å². The van der Waals surface area contributed by atoms with Gasteiger partial charge in [0, 0.05) is 27.2 Å². The van der Waals surface area contributed by atoms with Gasteiger partial charge in [-0.05, 0) is 36.4 Å². The molecule has 3 aromatic rings. The van der Waals surface area contributed by atoms with Crippen LogP contribution in [0.3, 0.4) is 0 Å². The maximum atomic E-state index is 5.73. The van der Waals surface area contributed by atoms with Gasteiger partial charge < -0.3 is 14.9 Å². The minimum atomic E-state index is 0.471. The summed E-state index contributed by atoms with van der Waals surface area (Å²) in [7, 11) is 0. The molecular weight excluding hydrogens is 306 g/mol. The van der Waals surface area contributed by atoms with Crippen LogP contribution < -0.4 is 10.5 Å². The van der Waals surface area contributed by atoms with Gasteiger partial charge in [0.15, 0.2) is 0 Å². The lowest BCUT2D eigenvalue weighted by Crippen LogP contribution is -1.94. The number of ether oxygens (including phenoxy) is 1. The Morgan fingerprint density at radius 1 is 1.11 bits per heavy atom. The third kappa shape index (κ3) is 2.58. The van der Waals surface area contributed by atoms with Crippen molar-refractivity contribution in [3.63, 3.8) is 0 Å². The second kappa shape index (κ2) is 4.97. The molecule has 1 aromatic heterocycles. The van der Waals surface area contributed by atoms with E-state index in [4.69, 9.17) is 14.9 Å². The van der Waals surface area contributed by atoms with Crippen LogP contribution in [-0.2, 0) is 6.61 Å². The first-order valence-electron chi connectivity index (χ1n) is 5.86. The molecule has 0 radical (unpaired) electrons. The zero-order valence-corrected chi connectivity index (χ0v) is 11.7. The van der Waals surface area contributed by atoms with E-state index in [0.29, 0.717) is 12.3 Å². The number of hydrogen-bond acceptors (Lipinski definition) is 3. The molecular formula is C15H12BrNO2. The first kappa shape index (κ1) is 12.1. The van der Waals surface area contributed by atoms with Gasteiger partial charge in [0.2, 0.25) is 0 Å². The Bertz CT molecular complexity index is 704. The Morgan fingerprint density at radius 3 is 2.68 bits per heavy atom. The van der Waals surface area contributed by atoms with E-state index >= 15 is 0 Å². The molecule has 0 spiro atoms. The van der Waals surface area contributed by atoms with Crippen LogP contribution in [0.5, 0.6) is 5.75 Å². The molecule has 96 valence electrons. The zero-order chi connectivity index (χ0) is 13.2. The molecule has 0 saturated carbocycles. The molecule has 0 aliphatic heterocycles. The van der Waals surface area contributed by atoms with Crippen LogP contribution in [0.1, 0.15) is 5.56 Å². The van der Waals surface area contributed by atoms with Crippen molar-refractivity contribution >= 4 is 32.6 Å². The van der Waals surface area contributed by atoms with Gasteiger partial charge in [-0.2, -0.15) is 0 Å². The van der Waals surface area contributed by atoms with Crippen molar-refractivity contribution in [1.82, 2.24) is 0 Å². The van der Waals surface area contributed by atoms with Crippen LogP contribution in [-0.4, -0.2) is 0 Å². The highest BCUT2D eigenvalue weighted by atomic mass is 79.9. The number of hydrogen-bond donors (Lipinski definition) is 1. The fraction of sp³-hybridized carbons (Fsp3) is 0.0667. The van der Waals surface area contributed by atoms with Crippen molar-refractivity contribution in [3.05, 3.63) is 58.8 Å². The summed E-state index contributed by atoms with van der Waals surface area (Å²) in [4.78, 5) is 0. The van der Waals surface area contributed by atoms with E-state index < -0.39 is 0 Å². The number of rotatable bonds is 3. The number of furan rings is 1. The van der Waals surface area contributed by atoms with Crippen molar-refractivity contribution in [2.45, 2.75) is 6.61 Å². The summed E-state index contributed by atoms with van der Waals surface area (Å²) in [5.74, 6) is 0.827. The maximum absolute atomic E-state index is 5.73. The Hall–Kier alpha value is -1.94. The summed E-state index contributed by atoms with van der Waals surface area (Å²) in [5.41, 5.74) is 8.21. The Labute approximate surface area is 119 Å². The minimum Gasteiger partial charge on any atom is -0.489 e. The zero-order valence-electron chi connectivity index (χ0n) is 10.1. The molecule has 0 fully saturated rings. The second-order valence-corrected chi connectivity index (χ2v) is 5.17. The van der Waals surface area contributed by atoms with E-state index in [2.05, 4.69) is 15.9 Å². The lowest BCUT2D eigenvalue weighted by Gasteiger charge is -2.04. The van der Waals surface area contributed by atoms with Gasteiger partial charge in [-0.1, -0.05) is 15.9 Å². The quantitative estimate of drug-likeness (QED) is 0.730. The van der Waals surface area contributed by atoms with E-state index in [1.807, 2.05) is 42.5 Å². The first-order chi connectivity index (χ1) is 9.22. The van der Waals surface area contributed by atoms with Crippen molar-refractivity contribution in [2.24, 2.45) is 0 Å². The highest BCUT2D eigenvalue weighted by Crippen LogP contribution is 2.25. The van der Waals surface area contributed by atoms with E-state index in [-0.39, 0.29) is 0 Å². The highest BCUT2D eigenvalue weighted by molar-refractivity contribution is 9.10. The third-order valence-corrected chi connectivity index (χ3v) is 3.42. The lowest BCUT2D eigenvalue weighted by molar-refractivity contribution is 0.306. The molecule has 0 aliphatic carbocycles. The molecule has 3 nitrogen and oxygen atoms in total. The highest BCUT2D eigenvalue weighted by Gasteiger charge is 2.06. The fourth-order valence-corrected chi connectivity index (χ4v) is 2.17. The van der Waals surface area contributed by atoms with E-state index in [1.54, 1.807) is 6.26 Å². The monoisotopic (exact) mass is 317 g/mol. The van der Waals surface area contributed by atoms with Crippen molar-refractivity contribution in [1.29, 1.82) is 0 Å². The third-order valence-electron chi connectivity index (χ3n) is 2.89. The molecule has 1 heterocycles. The number of nitrogens with two attached hydrogens (primary N) is 1. The number of nitrogen functional groups attached to an aromatic ring is 1. The lowest BCUT2D eigenvalue weighted by atomic mass is 10.2. The van der Waals surface area contributed by atoms with Gasteiger partial charge in [0.05, 0.1) is 6.26 Å². The molecule has 0 bridgehead atoms. The first-order valence-corrected chi connectivity index (χ1v) is 6.65. The molecule has 2 aromatic carbocycles. The normalized spacial score (nSPS) is 10.8. The summed E-state index contributed by atoms with van der Waals surface area (Å²) in [5, 5.41) is 1.03. The Morgan fingerprint density at radius 2 is 1.89 bits per heavy atom. The average molecular weight is 318 g/mol. The van der Waals surface area contributed by atoms with Gasteiger partial charge in [-0.15, -0.1) is 0 Å². The second-order valence-electron chi connectivity index (χ2n) is 4.26. The minimum absolute atomic E-state index is 0.471. The predicted octanol–water partition coefficient (Wildman–Crippen LogP) is 4.36. The van der Waals surface area contributed by atoms with Crippen LogP contribution in [0.15, 0.2) is 57.6 Å². The Kier molecular flexibility index (Phi) is 3.17. The standard InChI is InChI=1S/C15H12BrNO2/c16-11-1-4-13(5-2-11)18-8-10-9-19-15-7-12(17)3-6-14(10)15/h1-7,9H,8,17H2. The van der Waals surface area contributed by atoms with Gasteiger partial charge in [-0.25, -0.2) is 0 Å². The molecule has 3 rings (SSSR count). The predicted molar refractivity (Wildman–Crippen MR) is 79.1 cm³/mol. The van der Waals surface area contributed by atoms with Crippen molar-refractivity contribution in [2.75, 3.05) is 5.73 Å². The van der Waals surface area contributed by atoms with Gasteiger partial charge >= 0.3 is 0 Å². The SMILES string of the molecule is Nc1ccc2c(COc3ccc(Br)cc3)coc2c1. The van der Waals surface area contributed by atoms with Crippen LogP contribution in [0, 0.1) is 0 Å². The number of fused-ring (bicyclic) bond motifs is 1. The average Bonchev–Trinajstić information content (AvgIpc) is 2.80. The summed E-state index contributed by atoms with van der Waals surface area (Å²) < 4.78 is 12.2. The van der Waals surface area contributed by atoms with Crippen LogP contribution in [0.25, 0.3) is 11.0 Å². The summed E-state index contributed by atoms with van der Waals surface area (Å²) in [6.45, 7) is 0.471. The summed E-state index contributed by atoms with van der Waals surface area (Å²) in [6, 6.07) is 13.4. The summed E-state index contributed by atoms with van der Waals surface area (Å²) >= 11 is 3.39. The molecule has 0 amide bonds. The fourth-order valence-electron chi connectivity index (χ4n) is 1.90. The number of benzene rings is 2. The van der Waals surface area contributed by atoms with Gasteiger partial charge in [0.1, 0.15) is 17.9 Å². The molecule has 0 aliphatic rings. The maximum Gasteiger partial charge on any atom is 0.136 e. The number of halogens is 1. The van der Waals surface area contributed by atoms with Gasteiger partial charge in [0.25, 0.3) is 0 Å². The molecule has 0 saturated heterocycles. The van der Waals surface area contributed by atoms with Crippen molar-refractivity contribution in [3.8, 4) is 5.75 Å². The van der Waals surface area contributed by atoms with E-state index in [9.17, 15) is 0 Å². The number of anilines is 1. The van der Waals surface area contributed by atoms with E-state index in [1.165, 1.54) is 0 Å². The van der Waals surface area contributed by atoms with Crippen molar-refractivity contribution < 1.29 is 9.15 Å². The van der Waals surface area contributed by atoms with Crippen LogP contribution in [0.2, 0.25) is 0 Å². The van der Waals surface area contributed by atoms with Crippen LogP contribution in [0.4, 0.5) is 5.69 Å². The largest absolute Gasteiger partial charge is 0.489 e. The topological polar surface area (TPSA) is 48.4 Å². The molecule has 0 unspecified atom stereocenters. The summed E-state index contributed by atoms with van der Waals surface area (Å²) in [6.07, 6.45) is 1.71. The Balaban J connectivity index is 1.80. The van der Waals surface area contributed by atoms with Crippen LogP contribution >= 0.6 is 15.9 Å².